The molecular formula is C24H25FN4O3. The summed E-state index contributed by atoms with van der Waals surface area (Å²) in [6.07, 6.45) is 4.87. The number of carbonyl (C=O) groups is 2. The Hall–Kier alpha value is -3.26. The zero-order chi connectivity index (χ0) is 22.4. The van der Waals surface area contributed by atoms with Crippen LogP contribution in [0.3, 0.4) is 0 Å². The zero-order valence-corrected chi connectivity index (χ0v) is 18.2. The van der Waals surface area contributed by atoms with Crippen LogP contribution in [0.4, 0.5) is 15.8 Å². The van der Waals surface area contributed by atoms with Crippen molar-refractivity contribution >= 4 is 23.2 Å². The molecule has 1 aromatic carbocycles. The first-order valence-corrected chi connectivity index (χ1v) is 10.8. The summed E-state index contributed by atoms with van der Waals surface area (Å²) >= 11 is 0. The van der Waals surface area contributed by atoms with Gasteiger partial charge in [0.1, 0.15) is 11.9 Å². The number of amides is 2. The minimum atomic E-state index is -0.545. The van der Waals surface area contributed by atoms with Crippen molar-refractivity contribution in [2.75, 3.05) is 30.5 Å². The topological polar surface area (TPSA) is 66.0 Å². The average Bonchev–Trinajstić information content (AvgIpc) is 3.09. The van der Waals surface area contributed by atoms with Crippen LogP contribution in [0, 0.1) is 5.82 Å². The molecule has 7 nitrogen and oxygen atoms in total. The molecule has 166 valence electrons. The Morgan fingerprint density at radius 1 is 1.16 bits per heavy atom. The average molecular weight is 436 g/mol. The van der Waals surface area contributed by atoms with Gasteiger partial charge in [-0.15, -0.1) is 0 Å². The molecule has 0 bridgehead atoms. The summed E-state index contributed by atoms with van der Waals surface area (Å²) < 4.78 is 20.9. The van der Waals surface area contributed by atoms with Crippen molar-refractivity contribution in [2.24, 2.45) is 0 Å². The van der Waals surface area contributed by atoms with Gasteiger partial charge in [-0.1, -0.05) is 6.07 Å². The third kappa shape index (κ3) is 3.35. The molecule has 0 saturated carbocycles. The molecule has 32 heavy (non-hydrogen) atoms. The predicted octanol–water partition coefficient (Wildman–Crippen LogP) is 3.25. The summed E-state index contributed by atoms with van der Waals surface area (Å²) in [5, 5.41) is 0. The van der Waals surface area contributed by atoms with E-state index >= 15 is 4.39 Å². The Morgan fingerprint density at radius 3 is 2.72 bits per heavy atom. The highest BCUT2D eigenvalue weighted by atomic mass is 19.1. The second-order valence-corrected chi connectivity index (χ2v) is 8.58. The normalized spacial score (nSPS) is 20.6. The summed E-state index contributed by atoms with van der Waals surface area (Å²) in [7, 11) is 3.79. The lowest BCUT2D eigenvalue weighted by molar-refractivity contribution is -0.121. The molecule has 1 aliphatic carbocycles. The van der Waals surface area contributed by atoms with Gasteiger partial charge in [0.15, 0.2) is 12.4 Å². The lowest BCUT2D eigenvalue weighted by atomic mass is 9.92. The molecule has 3 heterocycles. The number of ether oxygens (including phenoxy) is 1. The van der Waals surface area contributed by atoms with Crippen LogP contribution in [0.2, 0.25) is 0 Å². The molecule has 2 aromatic rings. The first-order chi connectivity index (χ1) is 15.5. The van der Waals surface area contributed by atoms with Gasteiger partial charge in [0.05, 0.1) is 23.6 Å². The van der Waals surface area contributed by atoms with E-state index in [1.54, 1.807) is 23.2 Å². The Labute approximate surface area is 186 Å². The van der Waals surface area contributed by atoms with Gasteiger partial charge in [0, 0.05) is 17.8 Å². The van der Waals surface area contributed by atoms with E-state index in [-0.39, 0.29) is 42.6 Å². The van der Waals surface area contributed by atoms with E-state index in [1.807, 2.05) is 31.1 Å². The molecule has 0 radical (unpaired) electrons. The number of anilines is 2. The summed E-state index contributed by atoms with van der Waals surface area (Å²) in [4.78, 5) is 35.4. The SMILES string of the molecule is CN(C)C1C2=C(CCCC2)C(=O)N1c1cc2c(cc1F)OCC(=O)N2Cc1ccccn1. The van der Waals surface area contributed by atoms with E-state index in [0.717, 1.165) is 36.8 Å². The number of nitrogens with zero attached hydrogens (tertiary/aromatic N) is 4. The number of aromatic nitrogens is 1. The molecule has 1 unspecified atom stereocenters. The second kappa shape index (κ2) is 8.02. The van der Waals surface area contributed by atoms with Gasteiger partial charge in [0.2, 0.25) is 0 Å². The Bertz CT molecular complexity index is 1120. The molecule has 0 saturated heterocycles. The van der Waals surface area contributed by atoms with Crippen LogP contribution in [-0.4, -0.2) is 48.6 Å². The molecule has 5 rings (SSSR count). The van der Waals surface area contributed by atoms with Gasteiger partial charge < -0.3 is 4.74 Å². The molecule has 8 heteroatoms. The minimum Gasteiger partial charge on any atom is -0.481 e. The maximum Gasteiger partial charge on any atom is 0.265 e. The fourth-order valence-corrected chi connectivity index (χ4v) is 4.88. The second-order valence-electron chi connectivity index (χ2n) is 8.58. The van der Waals surface area contributed by atoms with Crippen LogP contribution >= 0.6 is 0 Å². The van der Waals surface area contributed by atoms with E-state index in [1.165, 1.54) is 11.0 Å². The van der Waals surface area contributed by atoms with Gasteiger partial charge in [0.25, 0.3) is 11.8 Å². The van der Waals surface area contributed by atoms with Gasteiger partial charge in [-0.05, 0) is 63.6 Å². The van der Waals surface area contributed by atoms with Crippen molar-refractivity contribution in [1.29, 1.82) is 0 Å². The van der Waals surface area contributed by atoms with E-state index in [0.29, 0.717) is 11.4 Å². The van der Waals surface area contributed by atoms with Crippen LogP contribution in [0.25, 0.3) is 0 Å². The highest BCUT2D eigenvalue weighted by molar-refractivity contribution is 6.11. The highest BCUT2D eigenvalue weighted by Gasteiger charge is 2.43. The Morgan fingerprint density at radius 2 is 1.97 bits per heavy atom. The Balaban J connectivity index is 1.58. The molecule has 2 amide bonds. The lowest BCUT2D eigenvalue weighted by Crippen LogP contribution is -2.45. The molecule has 3 aliphatic rings. The van der Waals surface area contributed by atoms with Crippen LogP contribution in [-0.2, 0) is 16.1 Å². The molecule has 1 atom stereocenters. The minimum absolute atomic E-state index is 0.156. The summed E-state index contributed by atoms with van der Waals surface area (Å²) in [5.74, 6) is -0.657. The number of benzene rings is 1. The van der Waals surface area contributed by atoms with Crippen molar-refractivity contribution in [2.45, 2.75) is 38.4 Å². The smallest absolute Gasteiger partial charge is 0.265 e. The van der Waals surface area contributed by atoms with Gasteiger partial charge in [-0.25, -0.2) is 4.39 Å². The largest absolute Gasteiger partial charge is 0.481 e. The van der Waals surface area contributed by atoms with Crippen LogP contribution in [0.1, 0.15) is 31.4 Å². The van der Waals surface area contributed by atoms with Crippen molar-refractivity contribution < 1.29 is 18.7 Å². The van der Waals surface area contributed by atoms with Crippen molar-refractivity contribution in [1.82, 2.24) is 9.88 Å². The van der Waals surface area contributed by atoms with E-state index < -0.39 is 5.82 Å². The number of pyridine rings is 1. The summed E-state index contributed by atoms with van der Waals surface area (Å²) in [5.41, 5.74) is 3.18. The number of rotatable bonds is 4. The van der Waals surface area contributed by atoms with Crippen molar-refractivity contribution in [3.8, 4) is 5.75 Å². The summed E-state index contributed by atoms with van der Waals surface area (Å²) in [6.45, 7) is 0.0678. The number of hydrogen-bond acceptors (Lipinski definition) is 5. The maximum atomic E-state index is 15.3. The van der Waals surface area contributed by atoms with Gasteiger partial charge in [-0.3, -0.25) is 29.3 Å². The molecule has 0 N–H and O–H groups in total. The van der Waals surface area contributed by atoms with Crippen LogP contribution < -0.4 is 14.5 Å². The zero-order valence-electron chi connectivity index (χ0n) is 18.2. The quantitative estimate of drug-likeness (QED) is 0.736. The maximum absolute atomic E-state index is 15.3. The number of halogens is 1. The molecule has 0 fully saturated rings. The predicted molar refractivity (Wildman–Crippen MR) is 118 cm³/mol. The van der Waals surface area contributed by atoms with E-state index in [2.05, 4.69) is 4.98 Å². The fraction of sp³-hybridized carbons (Fsp3) is 0.375. The standard InChI is InChI=1S/C24H25FN4O3/c1-27(2)23-16-8-3-4-9-17(16)24(31)29(23)19-12-20-21(11-18(19)25)32-14-22(30)28(20)13-15-7-5-6-10-26-15/h5-7,10-12,23H,3-4,8-9,13-14H2,1-2H3. The number of likely N-dealkylation sites (N-methyl/N-ethyl adjacent to an activating group) is 1. The number of hydrogen-bond donors (Lipinski definition) is 0. The third-order valence-corrected chi connectivity index (χ3v) is 6.31. The third-order valence-electron chi connectivity index (χ3n) is 6.31. The fourth-order valence-electron chi connectivity index (χ4n) is 4.88. The highest BCUT2D eigenvalue weighted by Crippen LogP contribution is 2.44. The molecule has 1 aromatic heterocycles. The molecular weight excluding hydrogens is 411 g/mol. The number of carbonyl (C=O) groups excluding carboxylic acids is 2. The molecule has 0 spiro atoms. The van der Waals surface area contributed by atoms with Crippen LogP contribution in [0.5, 0.6) is 5.75 Å². The van der Waals surface area contributed by atoms with Gasteiger partial charge >= 0.3 is 0 Å². The van der Waals surface area contributed by atoms with E-state index in [9.17, 15) is 9.59 Å². The summed E-state index contributed by atoms with van der Waals surface area (Å²) in [6, 6.07) is 8.33. The monoisotopic (exact) mass is 436 g/mol. The van der Waals surface area contributed by atoms with E-state index in [4.69, 9.17) is 4.74 Å². The van der Waals surface area contributed by atoms with Crippen molar-refractivity contribution in [3.05, 3.63) is 59.2 Å². The van der Waals surface area contributed by atoms with Gasteiger partial charge in [-0.2, -0.15) is 0 Å². The first kappa shape index (κ1) is 20.6. The molecule has 2 aliphatic heterocycles. The Kier molecular flexibility index (Phi) is 5.17. The first-order valence-electron chi connectivity index (χ1n) is 10.8. The van der Waals surface area contributed by atoms with Crippen LogP contribution in [0.15, 0.2) is 47.7 Å². The van der Waals surface area contributed by atoms with Crippen molar-refractivity contribution in [3.63, 3.8) is 0 Å². The number of fused-ring (bicyclic) bond motifs is 1. The lowest BCUT2D eigenvalue weighted by Gasteiger charge is -2.35.